The number of hydrogen-bond donors (Lipinski definition) is 1. The summed E-state index contributed by atoms with van der Waals surface area (Å²) in [7, 11) is -1.04. The van der Waals surface area contributed by atoms with Gasteiger partial charge in [-0.25, -0.2) is 8.42 Å². The highest BCUT2D eigenvalue weighted by atomic mass is 32.2. The van der Waals surface area contributed by atoms with E-state index in [1.165, 1.54) is 6.26 Å². The number of rotatable bonds is 6. The van der Waals surface area contributed by atoms with E-state index < -0.39 is 9.84 Å². The predicted octanol–water partition coefficient (Wildman–Crippen LogP) is -0.248. The minimum absolute atomic E-state index is 0.0935. The average Bonchev–Trinajstić information content (AvgIpc) is 2.27. The molecule has 1 saturated heterocycles. The maximum absolute atomic E-state index is 11.1. The van der Waals surface area contributed by atoms with Crippen molar-refractivity contribution in [1.29, 1.82) is 0 Å². The van der Waals surface area contributed by atoms with Gasteiger partial charge in [0.25, 0.3) is 0 Å². The Morgan fingerprint density at radius 3 is 2.65 bits per heavy atom. The number of aliphatic hydroxyl groups is 1. The fraction of sp³-hybridized carbons (Fsp3) is 1.00. The van der Waals surface area contributed by atoms with Gasteiger partial charge in [-0.05, 0) is 19.9 Å². The number of aliphatic hydroxyl groups excluding tert-OH is 1. The van der Waals surface area contributed by atoms with Gasteiger partial charge < -0.3 is 14.7 Å². The van der Waals surface area contributed by atoms with E-state index in [4.69, 9.17) is 4.74 Å². The van der Waals surface area contributed by atoms with Crippen LogP contribution in [0.3, 0.4) is 0 Å². The second kappa shape index (κ2) is 6.13. The third-order valence-electron chi connectivity index (χ3n) is 3.19. The van der Waals surface area contributed by atoms with Crippen LogP contribution in [0, 0.1) is 5.41 Å². The van der Waals surface area contributed by atoms with Crippen LogP contribution in [0.2, 0.25) is 0 Å². The summed E-state index contributed by atoms with van der Waals surface area (Å²) in [5.74, 6) is 0.159. The zero-order valence-electron chi connectivity index (χ0n) is 10.7. The van der Waals surface area contributed by atoms with Crippen molar-refractivity contribution in [3.8, 4) is 0 Å². The van der Waals surface area contributed by atoms with Crippen LogP contribution in [0.25, 0.3) is 0 Å². The van der Waals surface area contributed by atoms with Crippen molar-refractivity contribution in [2.75, 3.05) is 52.0 Å². The molecular formula is C11H23NO4S. The normalized spacial score (nSPS) is 26.4. The molecule has 5 nitrogen and oxygen atoms in total. The van der Waals surface area contributed by atoms with Crippen molar-refractivity contribution in [3.05, 3.63) is 0 Å². The van der Waals surface area contributed by atoms with Gasteiger partial charge in [0.2, 0.25) is 0 Å². The SMILES string of the molecule is CN(CCS(C)(=O)=O)CC1(CO)CCCOC1. The molecule has 0 radical (unpaired) electrons. The molecule has 1 rings (SSSR count). The smallest absolute Gasteiger partial charge is 0.148 e. The number of nitrogens with zero attached hydrogens (tertiary/aromatic N) is 1. The fourth-order valence-electron chi connectivity index (χ4n) is 2.18. The largest absolute Gasteiger partial charge is 0.396 e. The van der Waals surface area contributed by atoms with Crippen LogP contribution >= 0.6 is 0 Å². The lowest BCUT2D eigenvalue weighted by molar-refractivity contribution is -0.0515. The second-order valence-electron chi connectivity index (χ2n) is 5.18. The molecule has 0 amide bonds. The summed E-state index contributed by atoms with van der Waals surface area (Å²) in [6, 6.07) is 0. The van der Waals surface area contributed by atoms with Gasteiger partial charge in [0.05, 0.1) is 19.0 Å². The van der Waals surface area contributed by atoms with Gasteiger partial charge in [0.15, 0.2) is 0 Å². The Morgan fingerprint density at radius 2 is 2.18 bits per heavy atom. The second-order valence-corrected chi connectivity index (χ2v) is 7.44. The van der Waals surface area contributed by atoms with E-state index >= 15 is 0 Å². The van der Waals surface area contributed by atoms with E-state index in [2.05, 4.69) is 0 Å². The van der Waals surface area contributed by atoms with Crippen LogP contribution in [-0.4, -0.2) is 70.4 Å². The Hall–Kier alpha value is -0.170. The molecule has 1 N–H and O–H groups in total. The van der Waals surface area contributed by atoms with Gasteiger partial charge in [0, 0.05) is 31.4 Å². The summed E-state index contributed by atoms with van der Waals surface area (Å²) < 4.78 is 27.6. The van der Waals surface area contributed by atoms with Crippen molar-refractivity contribution >= 4 is 9.84 Å². The summed E-state index contributed by atoms with van der Waals surface area (Å²) in [5.41, 5.74) is -0.218. The Morgan fingerprint density at radius 1 is 1.47 bits per heavy atom. The van der Waals surface area contributed by atoms with Gasteiger partial charge in [-0.15, -0.1) is 0 Å². The Bertz CT molecular complexity index is 322. The number of hydrogen-bond acceptors (Lipinski definition) is 5. The van der Waals surface area contributed by atoms with Crippen molar-refractivity contribution in [3.63, 3.8) is 0 Å². The van der Waals surface area contributed by atoms with Crippen molar-refractivity contribution in [2.45, 2.75) is 12.8 Å². The van der Waals surface area contributed by atoms with E-state index in [9.17, 15) is 13.5 Å². The minimum atomic E-state index is -2.92. The molecule has 1 unspecified atom stereocenters. The first-order valence-electron chi connectivity index (χ1n) is 5.92. The van der Waals surface area contributed by atoms with E-state index in [1.54, 1.807) is 0 Å². The molecule has 1 atom stereocenters. The van der Waals surface area contributed by atoms with E-state index in [-0.39, 0.29) is 17.8 Å². The zero-order chi connectivity index (χ0) is 12.9. The fourth-order valence-corrected chi connectivity index (χ4v) is 2.83. The lowest BCUT2D eigenvalue weighted by Gasteiger charge is -2.38. The van der Waals surface area contributed by atoms with Gasteiger partial charge in [-0.2, -0.15) is 0 Å². The van der Waals surface area contributed by atoms with Crippen LogP contribution in [-0.2, 0) is 14.6 Å². The van der Waals surface area contributed by atoms with Gasteiger partial charge >= 0.3 is 0 Å². The summed E-state index contributed by atoms with van der Waals surface area (Å²) in [6.07, 6.45) is 3.14. The lowest BCUT2D eigenvalue weighted by Crippen LogP contribution is -2.45. The molecule has 102 valence electrons. The quantitative estimate of drug-likeness (QED) is 0.717. The molecular weight excluding hydrogens is 242 g/mol. The molecule has 0 aromatic heterocycles. The Kier molecular flexibility index (Phi) is 5.37. The highest BCUT2D eigenvalue weighted by Gasteiger charge is 2.33. The molecule has 0 aromatic rings. The summed E-state index contributed by atoms with van der Waals surface area (Å²) in [6.45, 7) is 2.59. The van der Waals surface area contributed by atoms with Crippen molar-refractivity contribution in [1.82, 2.24) is 4.90 Å². The molecule has 1 aliphatic rings. The minimum Gasteiger partial charge on any atom is -0.396 e. The van der Waals surface area contributed by atoms with E-state index in [0.717, 1.165) is 19.4 Å². The average molecular weight is 265 g/mol. The molecule has 1 fully saturated rings. The van der Waals surface area contributed by atoms with Crippen LogP contribution in [0.4, 0.5) is 0 Å². The van der Waals surface area contributed by atoms with E-state index in [0.29, 0.717) is 19.7 Å². The third-order valence-corrected chi connectivity index (χ3v) is 4.11. The highest BCUT2D eigenvalue weighted by molar-refractivity contribution is 7.90. The van der Waals surface area contributed by atoms with E-state index in [1.807, 2.05) is 11.9 Å². The molecule has 0 saturated carbocycles. The lowest BCUT2D eigenvalue weighted by atomic mass is 9.83. The molecule has 0 bridgehead atoms. The Balaban J connectivity index is 2.44. The van der Waals surface area contributed by atoms with Gasteiger partial charge in [0.1, 0.15) is 9.84 Å². The maximum atomic E-state index is 11.1. The zero-order valence-corrected chi connectivity index (χ0v) is 11.5. The topological polar surface area (TPSA) is 66.8 Å². The standard InChI is InChI=1S/C11H23NO4S/c1-12(5-7-17(2,14)15)8-11(9-13)4-3-6-16-10-11/h13H,3-10H2,1-2H3. The van der Waals surface area contributed by atoms with Crippen LogP contribution in [0.1, 0.15) is 12.8 Å². The summed E-state index contributed by atoms with van der Waals surface area (Å²) in [4.78, 5) is 1.96. The molecule has 1 aliphatic heterocycles. The number of ether oxygens (including phenoxy) is 1. The molecule has 17 heavy (non-hydrogen) atoms. The number of sulfone groups is 1. The summed E-state index contributed by atoms with van der Waals surface area (Å²) in [5, 5.41) is 9.49. The van der Waals surface area contributed by atoms with Gasteiger partial charge in [-0.1, -0.05) is 0 Å². The first-order valence-corrected chi connectivity index (χ1v) is 7.98. The molecule has 0 aliphatic carbocycles. The van der Waals surface area contributed by atoms with Crippen molar-refractivity contribution in [2.24, 2.45) is 5.41 Å². The Labute approximate surface area is 104 Å². The monoisotopic (exact) mass is 265 g/mol. The molecule has 0 aromatic carbocycles. The molecule has 0 spiro atoms. The third kappa shape index (κ3) is 5.33. The molecule has 1 heterocycles. The highest BCUT2D eigenvalue weighted by Crippen LogP contribution is 2.28. The maximum Gasteiger partial charge on any atom is 0.148 e. The first kappa shape index (κ1) is 14.9. The van der Waals surface area contributed by atoms with Gasteiger partial charge in [-0.3, -0.25) is 0 Å². The predicted molar refractivity (Wildman–Crippen MR) is 66.8 cm³/mol. The van der Waals surface area contributed by atoms with Crippen LogP contribution < -0.4 is 0 Å². The first-order chi connectivity index (χ1) is 7.87. The molecule has 6 heteroatoms. The van der Waals surface area contributed by atoms with Crippen LogP contribution in [0.5, 0.6) is 0 Å². The van der Waals surface area contributed by atoms with Crippen LogP contribution in [0.15, 0.2) is 0 Å². The van der Waals surface area contributed by atoms with Crippen molar-refractivity contribution < 1.29 is 18.3 Å². The summed E-state index contributed by atoms with van der Waals surface area (Å²) >= 11 is 0.